The summed E-state index contributed by atoms with van der Waals surface area (Å²) in [4.78, 5) is 16.6. The van der Waals surface area contributed by atoms with Crippen LogP contribution in [0.25, 0.3) is 0 Å². The number of piperidine rings is 1. The van der Waals surface area contributed by atoms with Gasteiger partial charge in [-0.15, -0.1) is 23.7 Å². The van der Waals surface area contributed by atoms with Crippen LogP contribution in [0.2, 0.25) is 5.02 Å². The van der Waals surface area contributed by atoms with Crippen molar-refractivity contribution in [3.05, 3.63) is 45.7 Å². The van der Waals surface area contributed by atoms with Gasteiger partial charge in [-0.2, -0.15) is 0 Å². The number of nitrogens with one attached hydrogen (secondary N) is 2. The molecule has 0 bridgehead atoms. The molecule has 3 rings (SSSR count). The van der Waals surface area contributed by atoms with Gasteiger partial charge in [0.2, 0.25) is 5.91 Å². The summed E-state index contributed by atoms with van der Waals surface area (Å²) in [7, 11) is 0. The molecule has 0 saturated carbocycles. The van der Waals surface area contributed by atoms with E-state index in [9.17, 15) is 9.18 Å². The first kappa shape index (κ1) is 19.1. The fourth-order valence-electron chi connectivity index (χ4n) is 2.67. The van der Waals surface area contributed by atoms with Gasteiger partial charge in [0, 0.05) is 21.9 Å². The molecule has 0 atom stereocenters. The Balaban J connectivity index is 0.00000208. The summed E-state index contributed by atoms with van der Waals surface area (Å²) in [5.74, 6) is -0.343. The van der Waals surface area contributed by atoms with Crippen LogP contribution < -0.4 is 10.6 Å². The molecule has 1 aliphatic rings. The number of anilines is 1. The Bertz CT molecular complexity index is 684. The van der Waals surface area contributed by atoms with Crippen molar-refractivity contribution in [3.8, 4) is 0 Å². The standard InChI is InChI=1S/C16H17ClFN3OS.ClH/c17-12-2-1-3-13(18)11(12)8-15(22)21-16-20-14(9-23-16)10-4-6-19-7-5-10;/h1-3,9-10,19H,4-8H2,(H,20,21,22);1H. The molecule has 2 N–H and O–H groups in total. The largest absolute Gasteiger partial charge is 0.317 e. The predicted octanol–water partition coefficient (Wildman–Crippen LogP) is 4.01. The normalized spacial score (nSPS) is 14.9. The summed E-state index contributed by atoms with van der Waals surface area (Å²) in [6.07, 6.45) is 2.01. The fraction of sp³-hybridized carbons (Fsp3) is 0.375. The van der Waals surface area contributed by atoms with Crippen LogP contribution in [0.1, 0.15) is 30.0 Å². The van der Waals surface area contributed by atoms with Crippen LogP contribution >= 0.6 is 35.3 Å². The number of carbonyl (C=O) groups is 1. The second kappa shape index (κ2) is 8.76. The minimum absolute atomic E-state index is 0. The monoisotopic (exact) mass is 389 g/mol. The number of amides is 1. The number of thiazole rings is 1. The van der Waals surface area contributed by atoms with Gasteiger partial charge in [0.05, 0.1) is 12.1 Å². The molecule has 1 fully saturated rings. The van der Waals surface area contributed by atoms with Crippen molar-refractivity contribution in [1.29, 1.82) is 0 Å². The average molecular weight is 390 g/mol. The third-order valence-electron chi connectivity index (χ3n) is 3.92. The average Bonchev–Trinajstić information content (AvgIpc) is 3.00. The van der Waals surface area contributed by atoms with Crippen molar-refractivity contribution in [2.24, 2.45) is 0 Å². The third-order valence-corrected chi connectivity index (χ3v) is 5.05. The number of benzene rings is 1. The first-order valence-corrected chi connectivity index (χ1v) is 8.78. The zero-order valence-corrected chi connectivity index (χ0v) is 15.2. The van der Waals surface area contributed by atoms with Crippen molar-refractivity contribution >= 4 is 46.4 Å². The van der Waals surface area contributed by atoms with Gasteiger partial charge in [-0.1, -0.05) is 17.7 Å². The second-order valence-corrected chi connectivity index (χ2v) is 6.79. The highest BCUT2D eigenvalue weighted by molar-refractivity contribution is 7.13. The molecule has 24 heavy (non-hydrogen) atoms. The Hall–Kier alpha value is -1.21. The second-order valence-electron chi connectivity index (χ2n) is 5.53. The molecule has 1 aromatic heterocycles. The van der Waals surface area contributed by atoms with Gasteiger partial charge in [-0.25, -0.2) is 9.37 Å². The van der Waals surface area contributed by atoms with E-state index in [2.05, 4.69) is 15.6 Å². The van der Waals surface area contributed by atoms with Gasteiger partial charge >= 0.3 is 0 Å². The van der Waals surface area contributed by atoms with Gasteiger partial charge in [0.15, 0.2) is 5.13 Å². The van der Waals surface area contributed by atoms with Crippen molar-refractivity contribution in [2.45, 2.75) is 25.2 Å². The maximum absolute atomic E-state index is 13.7. The van der Waals surface area contributed by atoms with E-state index >= 15 is 0 Å². The minimum atomic E-state index is -0.470. The maximum Gasteiger partial charge on any atom is 0.230 e. The molecule has 0 aliphatic carbocycles. The van der Waals surface area contributed by atoms with E-state index < -0.39 is 5.82 Å². The lowest BCUT2D eigenvalue weighted by molar-refractivity contribution is -0.115. The molecule has 0 radical (unpaired) electrons. The van der Waals surface area contributed by atoms with E-state index in [-0.39, 0.29) is 35.3 Å². The molecule has 0 unspecified atom stereocenters. The van der Waals surface area contributed by atoms with Gasteiger partial charge in [0.1, 0.15) is 5.82 Å². The Labute approximate surface area is 155 Å². The van der Waals surface area contributed by atoms with E-state index in [0.717, 1.165) is 31.6 Å². The van der Waals surface area contributed by atoms with Crippen molar-refractivity contribution in [2.75, 3.05) is 18.4 Å². The fourth-order valence-corrected chi connectivity index (χ4v) is 3.71. The molecule has 4 nitrogen and oxygen atoms in total. The van der Waals surface area contributed by atoms with Gasteiger partial charge in [-0.05, 0) is 38.1 Å². The molecule has 1 aliphatic heterocycles. The lowest BCUT2D eigenvalue weighted by Gasteiger charge is -2.20. The zero-order valence-electron chi connectivity index (χ0n) is 12.9. The van der Waals surface area contributed by atoms with Crippen molar-refractivity contribution in [3.63, 3.8) is 0 Å². The van der Waals surface area contributed by atoms with Gasteiger partial charge in [-0.3, -0.25) is 4.79 Å². The van der Waals surface area contributed by atoms with Crippen LogP contribution in [0.5, 0.6) is 0 Å². The highest BCUT2D eigenvalue weighted by Crippen LogP contribution is 2.28. The Morgan fingerprint density at radius 3 is 2.88 bits per heavy atom. The summed E-state index contributed by atoms with van der Waals surface area (Å²) >= 11 is 7.34. The molecule has 0 spiro atoms. The lowest BCUT2D eigenvalue weighted by atomic mass is 9.96. The quantitative estimate of drug-likeness (QED) is 0.830. The molecule has 2 aromatic rings. The van der Waals surface area contributed by atoms with Gasteiger partial charge in [0.25, 0.3) is 0 Å². The smallest absolute Gasteiger partial charge is 0.230 e. The number of nitrogens with zero attached hydrogens (tertiary/aromatic N) is 1. The number of hydrogen-bond acceptors (Lipinski definition) is 4. The Morgan fingerprint density at radius 1 is 1.42 bits per heavy atom. The summed E-state index contributed by atoms with van der Waals surface area (Å²) in [5.41, 5.74) is 1.23. The number of halogens is 3. The molecule has 130 valence electrons. The maximum atomic E-state index is 13.7. The summed E-state index contributed by atoms with van der Waals surface area (Å²) in [5, 5.41) is 8.85. The molecule has 2 heterocycles. The molecular formula is C16H18Cl2FN3OS. The molecule has 8 heteroatoms. The van der Waals surface area contributed by atoms with Crippen LogP contribution in [-0.4, -0.2) is 24.0 Å². The first-order valence-electron chi connectivity index (χ1n) is 7.52. The first-order chi connectivity index (χ1) is 11.1. The van der Waals surface area contributed by atoms with Crippen LogP contribution in [-0.2, 0) is 11.2 Å². The lowest BCUT2D eigenvalue weighted by Crippen LogP contribution is -2.26. The van der Waals surface area contributed by atoms with Crippen molar-refractivity contribution in [1.82, 2.24) is 10.3 Å². The zero-order chi connectivity index (χ0) is 16.2. The van der Waals surface area contributed by atoms with Gasteiger partial charge < -0.3 is 10.6 Å². The summed E-state index contributed by atoms with van der Waals surface area (Å²) < 4.78 is 13.7. The third kappa shape index (κ3) is 4.66. The highest BCUT2D eigenvalue weighted by atomic mass is 35.5. The van der Waals surface area contributed by atoms with E-state index in [1.54, 1.807) is 6.07 Å². The number of rotatable bonds is 4. The molecular weight excluding hydrogens is 372 g/mol. The summed E-state index contributed by atoms with van der Waals surface area (Å²) in [6.45, 7) is 1.99. The van der Waals surface area contributed by atoms with E-state index in [1.807, 2.05) is 5.38 Å². The predicted molar refractivity (Wildman–Crippen MR) is 98.0 cm³/mol. The topological polar surface area (TPSA) is 54.0 Å². The van der Waals surface area contributed by atoms with E-state index in [1.165, 1.54) is 23.5 Å². The van der Waals surface area contributed by atoms with Crippen molar-refractivity contribution < 1.29 is 9.18 Å². The number of carbonyl (C=O) groups excluding carboxylic acids is 1. The molecule has 1 amide bonds. The Kier molecular flexibility index (Phi) is 6.98. The number of aromatic nitrogens is 1. The van der Waals surface area contributed by atoms with E-state index in [4.69, 9.17) is 11.6 Å². The van der Waals surface area contributed by atoms with E-state index in [0.29, 0.717) is 11.0 Å². The van der Waals surface area contributed by atoms with Crippen LogP contribution in [0.15, 0.2) is 23.6 Å². The molecule has 1 aromatic carbocycles. The minimum Gasteiger partial charge on any atom is -0.317 e. The Morgan fingerprint density at radius 2 is 2.17 bits per heavy atom. The van der Waals surface area contributed by atoms with Crippen LogP contribution in [0, 0.1) is 5.82 Å². The summed E-state index contributed by atoms with van der Waals surface area (Å²) in [6, 6.07) is 4.39. The highest BCUT2D eigenvalue weighted by Gasteiger charge is 2.19. The number of hydrogen-bond donors (Lipinski definition) is 2. The van der Waals surface area contributed by atoms with Crippen LogP contribution in [0.3, 0.4) is 0 Å². The SMILES string of the molecule is Cl.O=C(Cc1c(F)cccc1Cl)Nc1nc(C2CCNCC2)cs1. The molecule has 1 saturated heterocycles. The van der Waals surface area contributed by atoms with Crippen LogP contribution in [0.4, 0.5) is 9.52 Å².